The molecule has 6 rings (SSSR count). The number of carbonyl (C=O) groups is 1. The predicted octanol–water partition coefficient (Wildman–Crippen LogP) is 6.95. The third kappa shape index (κ3) is 5.91. The van der Waals surface area contributed by atoms with Gasteiger partial charge in [-0.2, -0.15) is 0 Å². The number of fused-ring (bicyclic) bond motifs is 1. The second kappa shape index (κ2) is 11.7. The van der Waals surface area contributed by atoms with Crippen LogP contribution >= 0.6 is 0 Å². The van der Waals surface area contributed by atoms with Crippen molar-refractivity contribution in [3.05, 3.63) is 82.2 Å². The maximum absolute atomic E-state index is 14.2. The summed E-state index contributed by atoms with van der Waals surface area (Å²) in [4.78, 5) is 15.8. The fourth-order valence-corrected chi connectivity index (χ4v) is 6.31. The van der Waals surface area contributed by atoms with E-state index in [2.05, 4.69) is 47.5 Å². The smallest absolute Gasteiger partial charge is 0.238 e. The van der Waals surface area contributed by atoms with Crippen molar-refractivity contribution in [2.75, 3.05) is 31.8 Å². The van der Waals surface area contributed by atoms with Crippen molar-refractivity contribution >= 4 is 11.6 Å². The molecule has 0 spiro atoms. The lowest BCUT2D eigenvalue weighted by molar-refractivity contribution is -0.117. The summed E-state index contributed by atoms with van der Waals surface area (Å²) in [7, 11) is 0. The number of hydrogen-bond donors (Lipinski definition) is 1. The van der Waals surface area contributed by atoms with Crippen LogP contribution in [0.2, 0.25) is 0 Å². The quantitative estimate of drug-likeness (QED) is 0.292. The summed E-state index contributed by atoms with van der Waals surface area (Å²) in [6.07, 6.45) is 4.69. The third-order valence-electron chi connectivity index (χ3n) is 8.76. The Kier molecular flexibility index (Phi) is 7.89. The van der Waals surface area contributed by atoms with E-state index in [1.54, 1.807) is 0 Å². The summed E-state index contributed by atoms with van der Waals surface area (Å²) < 4.78 is 31.5. The number of rotatable bonds is 10. The van der Waals surface area contributed by atoms with Crippen molar-refractivity contribution in [2.45, 2.75) is 64.8 Å². The van der Waals surface area contributed by atoms with Crippen LogP contribution in [0.3, 0.4) is 0 Å². The van der Waals surface area contributed by atoms with Gasteiger partial charge in [-0.15, -0.1) is 0 Å². The number of halogens is 1. The standard InChI is InChI=1S/C34H39FN2O4/c1-4-23-14-27(35)15-24(5-2)33(23)36-32(38)18-37-17-26(29-12-13-31-34(21(29)3)41-20-40-31)16-30(37)25-8-10-28(11-9-25)39-19-22-6-7-22/h8-15,22,26,30H,4-7,16-20H2,1-3H3,(H,36,38)/t26-,30-/m1/s1. The molecular formula is C34H39FN2O4. The minimum Gasteiger partial charge on any atom is -0.493 e. The SMILES string of the molecule is CCc1cc(F)cc(CC)c1NC(=O)CN1C[C@H](c2ccc3c(c2C)OCO3)C[C@@H]1c1ccc(OCC2CC2)cc1. The molecular weight excluding hydrogens is 519 g/mol. The van der Waals surface area contributed by atoms with Gasteiger partial charge in [-0.05, 0) is 109 Å². The van der Waals surface area contributed by atoms with Crippen LogP contribution < -0.4 is 19.5 Å². The molecule has 0 bridgehead atoms. The average molecular weight is 559 g/mol. The van der Waals surface area contributed by atoms with Crippen molar-refractivity contribution in [3.8, 4) is 17.2 Å². The van der Waals surface area contributed by atoms with Crippen LogP contribution in [-0.2, 0) is 17.6 Å². The first-order valence-electron chi connectivity index (χ1n) is 14.9. The van der Waals surface area contributed by atoms with E-state index in [4.69, 9.17) is 14.2 Å². The molecule has 3 aromatic carbocycles. The van der Waals surface area contributed by atoms with Gasteiger partial charge in [-0.1, -0.05) is 32.0 Å². The molecule has 1 aliphatic carbocycles. The zero-order chi connectivity index (χ0) is 28.5. The van der Waals surface area contributed by atoms with Crippen molar-refractivity contribution in [1.82, 2.24) is 4.90 Å². The second-order valence-corrected chi connectivity index (χ2v) is 11.6. The van der Waals surface area contributed by atoms with Crippen LogP contribution in [-0.4, -0.2) is 37.3 Å². The first-order chi connectivity index (χ1) is 19.9. The van der Waals surface area contributed by atoms with E-state index in [0.29, 0.717) is 18.8 Å². The van der Waals surface area contributed by atoms with Gasteiger partial charge in [0, 0.05) is 18.3 Å². The molecule has 6 nitrogen and oxygen atoms in total. The normalized spacial score (nSPS) is 19.9. The van der Waals surface area contributed by atoms with Gasteiger partial charge in [0.25, 0.3) is 0 Å². The van der Waals surface area contributed by atoms with Gasteiger partial charge in [0.2, 0.25) is 12.7 Å². The van der Waals surface area contributed by atoms with Gasteiger partial charge < -0.3 is 19.5 Å². The van der Waals surface area contributed by atoms with E-state index in [1.165, 1.54) is 36.1 Å². The molecule has 41 heavy (non-hydrogen) atoms. The minimum atomic E-state index is -0.261. The van der Waals surface area contributed by atoms with Gasteiger partial charge >= 0.3 is 0 Å². The lowest BCUT2D eigenvalue weighted by Gasteiger charge is -2.25. The molecule has 2 fully saturated rings. The molecule has 1 saturated carbocycles. The van der Waals surface area contributed by atoms with E-state index in [9.17, 15) is 9.18 Å². The monoisotopic (exact) mass is 558 g/mol. The van der Waals surface area contributed by atoms with Crippen LogP contribution in [0.25, 0.3) is 0 Å². The Morgan fingerprint density at radius 1 is 1.05 bits per heavy atom. The highest BCUT2D eigenvalue weighted by Crippen LogP contribution is 2.46. The maximum Gasteiger partial charge on any atom is 0.238 e. The first kappa shape index (κ1) is 27.6. The number of benzene rings is 3. The molecule has 2 atom stereocenters. The molecule has 3 aromatic rings. The highest BCUT2D eigenvalue weighted by molar-refractivity contribution is 5.94. The Labute approximate surface area is 241 Å². The number of aryl methyl sites for hydroxylation is 2. The maximum atomic E-state index is 14.2. The summed E-state index contributed by atoms with van der Waals surface area (Å²) in [5.41, 5.74) is 5.89. The van der Waals surface area contributed by atoms with Crippen LogP contribution in [0.15, 0.2) is 48.5 Å². The molecule has 0 aromatic heterocycles. The Hall–Kier alpha value is -3.58. The summed E-state index contributed by atoms with van der Waals surface area (Å²) in [5.74, 6) is 3.09. The first-order valence-corrected chi connectivity index (χ1v) is 14.9. The van der Waals surface area contributed by atoms with E-state index in [1.807, 2.05) is 19.9 Å². The Bertz CT molecular complexity index is 1390. The number of anilines is 1. The van der Waals surface area contributed by atoms with Crippen LogP contribution in [0.5, 0.6) is 17.2 Å². The number of ether oxygens (including phenoxy) is 3. The molecule has 1 saturated heterocycles. The van der Waals surface area contributed by atoms with Crippen LogP contribution in [0.1, 0.15) is 72.9 Å². The third-order valence-corrected chi connectivity index (χ3v) is 8.76. The number of likely N-dealkylation sites (tertiary alicyclic amines) is 1. The zero-order valence-corrected chi connectivity index (χ0v) is 24.2. The number of nitrogens with zero attached hydrogens (tertiary/aromatic N) is 1. The van der Waals surface area contributed by atoms with Gasteiger partial charge in [-0.3, -0.25) is 9.69 Å². The van der Waals surface area contributed by atoms with E-state index < -0.39 is 0 Å². The molecule has 7 heteroatoms. The molecule has 216 valence electrons. The van der Waals surface area contributed by atoms with E-state index in [0.717, 1.165) is 59.2 Å². The highest BCUT2D eigenvalue weighted by atomic mass is 19.1. The lowest BCUT2D eigenvalue weighted by atomic mass is 9.90. The molecule has 0 unspecified atom stereocenters. The summed E-state index contributed by atoms with van der Waals surface area (Å²) >= 11 is 0. The van der Waals surface area contributed by atoms with Crippen molar-refractivity contribution in [2.24, 2.45) is 5.92 Å². The van der Waals surface area contributed by atoms with E-state index >= 15 is 0 Å². The summed E-state index contributed by atoms with van der Waals surface area (Å²) in [6.45, 7) is 8.07. The number of carbonyl (C=O) groups excluding carboxylic acids is 1. The summed E-state index contributed by atoms with van der Waals surface area (Å²) in [5, 5.41) is 3.15. The Balaban J connectivity index is 1.24. The van der Waals surface area contributed by atoms with Gasteiger partial charge in [0.1, 0.15) is 11.6 Å². The lowest BCUT2D eigenvalue weighted by Crippen LogP contribution is -2.33. The number of amides is 1. The number of nitrogens with one attached hydrogen (secondary N) is 1. The number of hydrogen-bond acceptors (Lipinski definition) is 5. The van der Waals surface area contributed by atoms with Crippen molar-refractivity contribution in [1.29, 1.82) is 0 Å². The van der Waals surface area contributed by atoms with Crippen molar-refractivity contribution < 1.29 is 23.4 Å². The topological polar surface area (TPSA) is 60.0 Å². The minimum absolute atomic E-state index is 0.0672. The van der Waals surface area contributed by atoms with Gasteiger partial charge in [-0.25, -0.2) is 4.39 Å². The highest BCUT2D eigenvalue weighted by Gasteiger charge is 2.37. The van der Waals surface area contributed by atoms with Gasteiger partial charge in [0.05, 0.1) is 13.2 Å². The molecule has 2 aliphatic heterocycles. The fraction of sp³-hybridized carbons (Fsp3) is 0.441. The second-order valence-electron chi connectivity index (χ2n) is 11.6. The zero-order valence-electron chi connectivity index (χ0n) is 24.2. The molecule has 0 radical (unpaired) electrons. The van der Waals surface area contributed by atoms with Crippen molar-refractivity contribution in [3.63, 3.8) is 0 Å². The van der Waals surface area contributed by atoms with Gasteiger partial charge in [0.15, 0.2) is 11.5 Å². The predicted molar refractivity (Wildman–Crippen MR) is 157 cm³/mol. The summed E-state index contributed by atoms with van der Waals surface area (Å²) in [6, 6.07) is 15.6. The average Bonchev–Trinajstić information content (AvgIpc) is 3.52. The fourth-order valence-electron chi connectivity index (χ4n) is 6.31. The Morgan fingerprint density at radius 3 is 2.46 bits per heavy atom. The van der Waals surface area contributed by atoms with Crippen LogP contribution in [0.4, 0.5) is 10.1 Å². The van der Waals surface area contributed by atoms with Crippen LogP contribution in [0, 0.1) is 18.7 Å². The van der Waals surface area contributed by atoms with E-state index in [-0.39, 0.29) is 37.0 Å². The molecule has 1 amide bonds. The molecule has 1 N–H and O–H groups in total. The largest absolute Gasteiger partial charge is 0.493 e. The Morgan fingerprint density at radius 2 is 1.78 bits per heavy atom. The molecule has 3 aliphatic rings. The molecule has 2 heterocycles.